The zero-order valence-electron chi connectivity index (χ0n) is 18.2. The summed E-state index contributed by atoms with van der Waals surface area (Å²) >= 11 is 3.41. The standard InChI is InChI=1S/C20H24BrN9O2.ClH/c1-12-5-3-4-10-29(12)11-16-17(24-28-30(16)19-18(22)26-32-27-19)20(31)25-23-13(2)14-6-8-15(21)9-7-14;/h6-9,12H,3-5,10-11H2,1-2H3,(H2,22,26)(H,25,31);1H/b23-13-;. The maximum Gasteiger partial charge on any atom is 0.293 e. The average Bonchev–Trinajstić information content (AvgIpc) is 3.39. The number of anilines is 1. The molecule has 33 heavy (non-hydrogen) atoms. The first-order chi connectivity index (χ1) is 15.4. The van der Waals surface area contributed by atoms with Crippen molar-refractivity contribution >= 4 is 45.8 Å². The molecule has 1 saturated heterocycles. The van der Waals surface area contributed by atoms with Crippen molar-refractivity contribution in [2.24, 2.45) is 5.10 Å². The Bertz CT molecular complexity index is 1130. The van der Waals surface area contributed by atoms with Gasteiger partial charge in [0.05, 0.1) is 11.4 Å². The molecule has 0 aliphatic carbocycles. The van der Waals surface area contributed by atoms with E-state index in [-0.39, 0.29) is 29.7 Å². The number of piperidine rings is 1. The summed E-state index contributed by atoms with van der Waals surface area (Å²) in [6.45, 7) is 5.36. The Balaban J connectivity index is 0.00000306. The average molecular weight is 539 g/mol. The molecule has 1 amide bonds. The van der Waals surface area contributed by atoms with E-state index in [9.17, 15) is 4.79 Å². The summed E-state index contributed by atoms with van der Waals surface area (Å²) in [6, 6.07) is 8.02. The molecule has 176 valence electrons. The molecule has 0 radical (unpaired) electrons. The molecule has 13 heteroatoms. The van der Waals surface area contributed by atoms with Gasteiger partial charge >= 0.3 is 0 Å². The molecule has 1 fully saturated rings. The first-order valence-electron chi connectivity index (χ1n) is 10.3. The minimum atomic E-state index is -0.470. The van der Waals surface area contributed by atoms with E-state index in [2.05, 4.69) is 58.9 Å². The number of rotatable bonds is 6. The number of benzene rings is 1. The van der Waals surface area contributed by atoms with Gasteiger partial charge in [-0.1, -0.05) is 39.7 Å². The number of halogens is 2. The highest BCUT2D eigenvalue weighted by Gasteiger charge is 2.28. The number of nitrogens with zero attached hydrogens (tertiary/aromatic N) is 7. The van der Waals surface area contributed by atoms with Gasteiger partial charge in [0.1, 0.15) is 0 Å². The molecule has 2 aromatic heterocycles. The largest absolute Gasteiger partial charge is 0.378 e. The van der Waals surface area contributed by atoms with Gasteiger partial charge in [0.2, 0.25) is 11.6 Å². The number of carbonyl (C=O) groups is 1. The lowest BCUT2D eigenvalue weighted by Gasteiger charge is -2.33. The predicted molar refractivity (Wildman–Crippen MR) is 128 cm³/mol. The van der Waals surface area contributed by atoms with Crippen LogP contribution in [0.5, 0.6) is 0 Å². The predicted octanol–water partition coefficient (Wildman–Crippen LogP) is 2.95. The van der Waals surface area contributed by atoms with Crippen molar-refractivity contribution in [1.29, 1.82) is 0 Å². The Hall–Kier alpha value is -2.83. The number of nitrogens with one attached hydrogen (secondary N) is 1. The van der Waals surface area contributed by atoms with Crippen LogP contribution in [0.2, 0.25) is 0 Å². The molecule has 0 saturated carbocycles. The van der Waals surface area contributed by atoms with Crippen LogP contribution < -0.4 is 11.2 Å². The van der Waals surface area contributed by atoms with Gasteiger partial charge in [-0.2, -0.15) is 9.78 Å². The maximum absolute atomic E-state index is 13.0. The molecule has 3 heterocycles. The molecule has 3 aromatic rings. The Morgan fingerprint density at radius 1 is 1.30 bits per heavy atom. The Morgan fingerprint density at radius 2 is 2.06 bits per heavy atom. The summed E-state index contributed by atoms with van der Waals surface area (Å²) < 4.78 is 7.09. The second-order valence-corrected chi connectivity index (χ2v) is 8.65. The van der Waals surface area contributed by atoms with Gasteiger partial charge in [0.15, 0.2) is 5.69 Å². The van der Waals surface area contributed by atoms with E-state index in [1.165, 1.54) is 11.1 Å². The number of likely N-dealkylation sites (tertiary alicyclic amines) is 1. The molecule has 1 aliphatic heterocycles. The fraction of sp³-hybridized carbons (Fsp3) is 0.400. The van der Waals surface area contributed by atoms with Gasteiger partial charge in [-0.25, -0.2) is 10.1 Å². The van der Waals surface area contributed by atoms with Gasteiger partial charge in [-0.15, -0.1) is 17.5 Å². The van der Waals surface area contributed by atoms with E-state index in [1.54, 1.807) is 0 Å². The highest BCUT2D eigenvalue weighted by Crippen LogP contribution is 2.22. The minimum Gasteiger partial charge on any atom is -0.378 e. The summed E-state index contributed by atoms with van der Waals surface area (Å²) in [5, 5.41) is 19.9. The number of amides is 1. The molecule has 0 spiro atoms. The lowest BCUT2D eigenvalue weighted by Crippen LogP contribution is -2.38. The molecule has 1 aliphatic rings. The van der Waals surface area contributed by atoms with Crippen LogP contribution in [-0.4, -0.2) is 54.4 Å². The van der Waals surface area contributed by atoms with E-state index in [0.29, 0.717) is 24.0 Å². The maximum atomic E-state index is 13.0. The third-order valence-electron chi connectivity index (χ3n) is 5.56. The Labute approximate surface area is 205 Å². The van der Waals surface area contributed by atoms with Gasteiger partial charge < -0.3 is 5.73 Å². The summed E-state index contributed by atoms with van der Waals surface area (Å²) in [7, 11) is 0. The van der Waals surface area contributed by atoms with Crippen molar-refractivity contribution in [2.45, 2.75) is 45.7 Å². The van der Waals surface area contributed by atoms with Crippen LogP contribution in [0.4, 0.5) is 5.82 Å². The number of carbonyl (C=O) groups excluding carboxylic acids is 1. The Morgan fingerprint density at radius 3 is 2.73 bits per heavy atom. The van der Waals surface area contributed by atoms with E-state index in [0.717, 1.165) is 29.4 Å². The molecule has 1 atom stereocenters. The van der Waals surface area contributed by atoms with Crippen LogP contribution in [0, 0.1) is 0 Å². The number of nitrogen functional groups attached to an aromatic ring is 1. The number of hydrogen-bond donors (Lipinski definition) is 2. The molecule has 3 N–H and O–H groups in total. The fourth-order valence-electron chi connectivity index (χ4n) is 3.66. The zero-order valence-corrected chi connectivity index (χ0v) is 20.6. The van der Waals surface area contributed by atoms with Gasteiger partial charge in [0.25, 0.3) is 5.91 Å². The summed E-state index contributed by atoms with van der Waals surface area (Å²) in [4.78, 5) is 15.3. The lowest BCUT2D eigenvalue weighted by atomic mass is 10.0. The molecular formula is C20H25BrClN9O2. The SMILES string of the molecule is C/C(=N/NC(=O)c1nnn(-c2nonc2N)c1CN1CCCCC1C)c1ccc(Br)cc1.Cl. The number of hydrogen-bond acceptors (Lipinski definition) is 9. The lowest BCUT2D eigenvalue weighted by molar-refractivity contribution is 0.0944. The molecule has 1 aromatic carbocycles. The minimum absolute atomic E-state index is 0. The van der Waals surface area contributed by atoms with Crippen molar-refractivity contribution in [3.05, 3.63) is 45.7 Å². The quantitative estimate of drug-likeness (QED) is 0.360. The topological polar surface area (TPSA) is 140 Å². The van der Waals surface area contributed by atoms with Crippen LogP contribution in [0.15, 0.2) is 38.5 Å². The van der Waals surface area contributed by atoms with Crippen LogP contribution in [0.3, 0.4) is 0 Å². The number of hydrazone groups is 1. The molecule has 1 unspecified atom stereocenters. The monoisotopic (exact) mass is 537 g/mol. The summed E-state index contributed by atoms with van der Waals surface area (Å²) in [6.07, 6.45) is 3.37. The highest BCUT2D eigenvalue weighted by atomic mass is 79.9. The summed E-state index contributed by atoms with van der Waals surface area (Å²) in [5.74, 6) is -0.202. The third kappa shape index (κ3) is 5.57. The second kappa shape index (κ2) is 10.9. The van der Waals surface area contributed by atoms with E-state index in [4.69, 9.17) is 10.4 Å². The third-order valence-corrected chi connectivity index (χ3v) is 6.08. The van der Waals surface area contributed by atoms with Crippen LogP contribution in [-0.2, 0) is 6.54 Å². The zero-order chi connectivity index (χ0) is 22.7. The second-order valence-electron chi connectivity index (χ2n) is 7.73. The number of aromatic nitrogens is 5. The van der Waals surface area contributed by atoms with E-state index in [1.807, 2.05) is 31.2 Å². The number of nitrogens with two attached hydrogens (primary N) is 1. The molecule has 11 nitrogen and oxygen atoms in total. The highest BCUT2D eigenvalue weighted by molar-refractivity contribution is 9.10. The van der Waals surface area contributed by atoms with Gasteiger partial charge in [0, 0.05) is 17.1 Å². The first kappa shape index (κ1) is 24.8. The van der Waals surface area contributed by atoms with Gasteiger partial charge in [-0.05, 0) is 61.2 Å². The van der Waals surface area contributed by atoms with E-state index >= 15 is 0 Å². The van der Waals surface area contributed by atoms with Crippen molar-refractivity contribution in [2.75, 3.05) is 12.3 Å². The fourth-order valence-corrected chi connectivity index (χ4v) is 3.92. The van der Waals surface area contributed by atoms with Crippen molar-refractivity contribution in [3.8, 4) is 5.82 Å². The van der Waals surface area contributed by atoms with Crippen molar-refractivity contribution in [3.63, 3.8) is 0 Å². The first-order valence-corrected chi connectivity index (χ1v) is 11.1. The van der Waals surface area contributed by atoms with Crippen LogP contribution >= 0.6 is 28.3 Å². The van der Waals surface area contributed by atoms with Crippen molar-refractivity contribution < 1.29 is 9.42 Å². The van der Waals surface area contributed by atoms with Gasteiger partial charge in [-0.3, -0.25) is 9.69 Å². The molecule has 0 bridgehead atoms. The van der Waals surface area contributed by atoms with Crippen LogP contribution in [0.1, 0.15) is 54.9 Å². The smallest absolute Gasteiger partial charge is 0.293 e. The Kier molecular flexibility index (Phi) is 8.16. The molecule has 4 rings (SSSR count). The molecular weight excluding hydrogens is 514 g/mol. The van der Waals surface area contributed by atoms with E-state index < -0.39 is 5.91 Å². The normalized spacial score (nSPS) is 16.9. The van der Waals surface area contributed by atoms with Crippen LogP contribution in [0.25, 0.3) is 5.82 Å². The summed E-state index contributed by atoms with van der Waals surface area (Å²) in [5.41, 5.74) is 10.7. The van der Waals surface area contributed by atoms with Crippen molar-refractivity contribution in [1.82, 2.24) is 35.6 Å².